The van der Waals surface area contributed by atoms with Crippen molar-refractivity contribution in [2.24, 2.45) is 7.05 Å². The maximum atomic E-state index is 12.9. The second-order valence-corrected chi connectivity index (χ2v) is 7.72. The molecule has 27 heavy (non-hydrogen) atoms. The van der Waals surface area contributed by atoms with E-state index >= 15 is 0 Å². The van der Waals surface area contributed by atoms with Crippen molar-refractivity contribution in [1.82, 2.24) is 19.1 Å². The Morgan fingerprint density at radius 3 is 2.70 bits per heavy atom. The molecule has 0 unspecified atom stereocenters. The molecule has 0 bridgehead atoms. The van der Waals surface area contributed by atoms with E-state index in [4.69, 9.17) is 23.2 Å². The van der Waals surface area contributed by atoms with Gasteiger partial charge in [-0.25, -0.2) is 4.79 Å². The molecule has 7 nitrogen and oxygen atoms in total. The van der Waals surface area contributed by atoms with Crippen molar-refractivity contribution < 1.29 is 0 Å². The summed E-state index contributed by atoms with van der Waals surface area (Å²) in [7, 11) is 1.60. The van der Waals surface area contributed by atoms with E-state index in [0.29, 0.717) is 38.8 Å². The molecule has 1 aliphatic rings. The van der Waals surface area contributed by atoms with Crippen LogP contribution in [0.3, 0.4) is 0 Å². The molecule has 1 aliphatic carbocycles. The zero-order valence-corrected chi connectivity index (χ0v) is 16.3. The Morgan fingerprint density at radius 1 is 1.26 bits per heavy atom. The maximum absolute atomic E-state index is 12.9. The van der Waals surface area contributed by atoms with Gasteiger partial charge in [-0.3, -0.25) is 13.9 Å². The van der Waals surface area contributed by atoms with E-state index in [9.17, 15) is 9.59 Å². The second-order valence-electron chi connectivity index (χ2n) is 6.88. The third-order valence-electron chi connectivity index (χ3n) is 5.02. The van der Waals surface area contributed by atoms with Crippen LogP contribution in [0.2, 0.25) is 10.0 Å². The number of aryl methyl sites for hydroxylation is 1. The van der Waals surface area contributed by atoms with Crippen LogP contribution in [0, 0.1) is 0 Å². The summed E-state index contributed by atoms with van der Waals surface area (Å²) in [5, 5.41) is 4.23. The van der Waals surface area contributed by atoms with Gasteiger partial charge in [-0.15, -0.1) is 0 Å². The van der Waals surface area contributed by atoms with Crippen LogP contribution in [0.5, 0.6) is 0 Å². The first-order chi connectivity index (χ1) is 12.9. The second kappa shape index (κ2) is 7.05. The normalized spacial score (nSPS) is 14.9. The Hall–Kier alpha value is -2.25. The predicted octanol–water partition coefficient (Wildman–Crippen LogP) is 3.13. The molecule has 9 heteroatoms. The van der Waals surface area contributed by atoms with Gasteiger partial charge in [0.05, 0.1) is 6.54 Å². The highest BCUT2D eigenvalue weighted by Crippen LogP contribution is 2.23. The minimum atomic E-state index is -0.447. The van der Waals surface area contributed by atoms with Crippen molar-refractivity contribution in [3.05, 3.63) is 54.6 Å². The summed E-state index contributed by atoms with van der Waals surface area (Å²) in [4.78, 5) is 33.1. The molecular weight excluding hydrogens is 389 g/mol. The highest BCUT2D eigenvalue weighted by atomic mass is 35.5. The zero-order valence-electron chi connectivity index (χ0n) is 14.8. The largest absolute Gasteiger partial charge is 0.353 e. The molecule has 2 aromatic heterocycles. The van der Waals surface area contributed by atoms with Crippen LogP contribution in [0.25, 0.3) is 11.2 Å². The van der Waals surface area contributed by atoms with Crippen molar-refractivity contribution in [1.29, 1.82) is 0 Å². The summed E-state index contributed by atoms with van der Waals surface area (Å²) in [6.07, 6.45) is 4.53. The van der Waals surface area contributed by atoms with Gasteiger partial charge in [0.25, 0.3) is 5.56 Å². The predicted molar refractivity (Wildman–Crippen MR) is 107 cm³/mol. The average molecular weight is 408 g/mol. The summed E-state index contributed by atoms with van der Waals surface area (Å²) in [6.45, 7) is 0.0574. The van der Waals surface area contributed by atoms with Crippen molar-refractivity contribution in [2.75, 3.05) is 5.32 Å². The van der Waals surface area contributed by atoms with Crippen molar-refractivity contribution in [3.63, 3.8) is 0 Å². The van der Waals surface area contributed by atoms with Gasteiger partial charge in [0, 0.05) is 23.1 Å². The van der Waals surface area contributed by atoms with Crippen LogP contribution >= 0.6 is 23.2 Å². The number of aromatic amines is 1. The van der Waals surface area contributed by atoms with Gasteiger partial charge < -0.3 is 10.3 Å². The lowest BCUT2D eigenvalue weighted by Gasteiger charge is -2.09. The molecule has 0 amide bonds. The van der Waals surface area contributed by atoms with Gasteiger partial charge in [-0.2, -0.15) is 4.98 Å². The van der Waals surface area contributed by atoms with E-state index in [1.807, 2.05) is 0 Å². The van der Waals surface area contributed by atoms with Crippen molar-refractivity contribution in [2.45, 2.75) is 38.3 Å². The Bertz CT molecular complexity index is 1130. The first-order valence-electron chi connectivity index (χ1n) is 8.84. The lowest BCUT2D eigenvalue weighted by molar-refractivity contribution is 0.657. The Labute approximate surface area is 164 Å². The van der Waals surface area contributed by atoms with E-state index in [1.165, 1.54) is 17.4 Å². The van der Waals surface area contributed by atoms with Gasteiger partial charge in [0.1, 0.15) is 0 Å². The number of imidazole rings is 1. The molecule has 0 radical (unpaired) electrons. The Balaban J connectivity index is 1.77. The van der Waals surface area contributed by atoms with Gasteiger partial charge in [0.15, 0.2) is 11.2 Å². The number of nitrogens with zero attached hydrogens (tertiary/aromatic N) is 3. The van der Waals surface area contributed by atoms with Crippen LogP contribution in [0.4, 0.5) is 5.95 Å². The SMILES string of the molecule is Cn1c(=O)n(Cc2ccc(Cl)cc2Cl)c(=O)c2[nH]c(NC3CCCC3)nc21. The number of anilines is 1. The van der Waals surface area contributed by atoms with Crippen LogP contribution in [0.15, 0.2) is 27.8 Å². The molecule has 1 aromatic carbocycles. The number of H-pyrrole nitrogens is 1. The quantitative estimate of drug-likeness (QED) is 0.695. The monoisotopic (exact) mass is 407 g/mol. The number of fused-ring (bicyclic) bond motifs is 1. The van der Waals surface area contributed by atoms with Gasteiger partial charge in [0.2, 0.25) is 5.95 Å². The molecule has 3 aromatic rings. The first-order valence-corrected chi connectivity index (χ1v) is 9.59. The minimum absolute atomic E-state index is 0.0574. The van der Waals surface area contributed by atoms with Gasteiger partial charge in [-0.1, -0.05) is 42.1 Å². The Kier molecular flexibility index (Phi) is 4.74. The number of rotatable bonds is 4. The first kappa shape index (κ1) is 18.1. The maximum Gasteiger partial charge on any atom is 0.332 e. The smallest absolute Gasteiger partial charge is 0.332 e. The number of hydrogen-bond acceptors (Lipinski definition) is 4. The summed E-state index contributed by atoms with van der Waals surface area (Å²) >= 11 is 12.1. The van der Waals surface area contributed by atoms with Crippen LogP contribution < -0.4 is 16.6 Å². The summed E-state index contributed by atoms with van der Waals surface area (Å²) < 4.78 is 2.52. The number of nitrogens with one attached hydrogen (secondary N) is 2. The highest BCUT2D eigenvalue weighted by molar-refractivity contribution is 6.35. The van der Waals surface area contributed by atoms with Crippen LogP contribution in [-0.4, -0.2) is 25.1 Å². The summed E-state index contributed by atoms with van der Waals surface area (Å²) in [5.41, 5.74) is 0.401. The fraction of sp³-hybridized carbons (Fsp3) is 0.389. The molecular formula is C18H19Cl2N5O2. The molecule has 1 fully saturated rings. The zero-order chi connectivity index (χ0) is 19.1. The van der Waals surface area contributed by atoms with Crippen LogP contribution in [0.1, 0.15) is 31.2 Å². The molecule has 2 heterocycles. The van der Waals surface area contributed by atoms with E-state index in [0.717, 1.165) is 17.4 Å². The topological polar surface area (TPSA) is 84.7 Å². The lowest BCUT2D eigenvalue weighted by Crippen LogP contribution is -2.39. The van der Waals surface area contributed by atoms with E-state index in [2.05, 4.69) is 15.3 Å². The highest BCUT2D eigenvalue weighted by Gasteiger charge is 2.19. The van der Waals surface area contributed by atoms with Crippen LogP contribution in [-0.2, 0) is 13.6 Å². The minimum Gasteiger partial charge on any atom is -0.353 e. The number of halogens is 2. The molecule has 0 atom stereocenters. The molecule has 4 rings (SSSR count). The fourth-order valence-corrected chi connectivity index (χ4v) is 4.01. The van der Waals surface area contributed by atoms with E-state index in [1.54, 1.807) is 25.2 Å². The molecule has 0 aliphatic heterocycles. The molecule has 142 valence electrons. The third kappa shape index (κ3) is 3.37. The van der Waals surface area contributed by atoms with Gasteiger partial charge in [-0.05, 0) is 30.5 Å². The fourth-order valence-electron chi connectivity index (χ4n) is 3.54. The summed E-state index contributed by atoms with van der Waals surface area (Å²) in [6, 6.07) is 5.32. The van der Waals surface area contributed by atoms with E-state index in [-0.39, 0.29) is 6.54 Å². The lowest BCUT2D eigenvalue weighted by atomic mass is 10.2. The molecule has 2 N–H and O–H groups in total. The third-order valence-corrected chi connectivity index (χ3v) is 5.61. The standard InChI is InChI=1S/C18H19Cl2N5O2/c1-24-15-14(22-17(23-15)21-12-4-2-3-5-12)16(26)25(18(24)27)9-10-6-7-11(19)8-13(10)20/h6-8,12H,2-5,9H2,1H3,(H2,21,22,23). The number of benzene rings is 1. The Morgan fingerprint density at radius 2 is 2.00 bits per heavy atom. The van der Waals surface area contributed by atoms with Gasteiger partial charge >= 0.3 is 5.69 Å². The van der Waals surface area contributed by atoms with Crippen molar-refractivity contribution in [3.8, 4) is 0 Å². The summed E-state index contributed by atoms with van der Waals surface area (Å²) in [5.74, 6) is 0.520. The van der Waals surface area contributed by atoms with E-state index < -0.39 is 11.2 Å². The molecule has 1 saturated carbocycles. The number of aromatic nitrogens is 4. The average Bonchev–Trinajstić information content (AvgIpc) is 3.29. The van der Waals surface area contributed by atoms with Crippen molar-refractivity contribution >= 4 is 40.3 Å². The molecule has 0 saturated heterocycles. The number of hydrogen-bond donors (Lipinski definition) is 2. The molecule has 0 spiro atoms.